The number of hydrogen-bond donors (Lipinski definition) is 1. The minimum absolute atomic E-state index is 0.103. The van der Waals surface area contributed by atoms with Crippen molar-refractivity contribution in [2.75, 3.05) is 13.1 Å². The molecule has 0 bridgehead atoms. The Morgan fingerprint density at radius 3 is 2.69 bits per heavy atom. The van der Waals surface area contributed by atoms with Gasteiger partial charge >= 0.3 is 0 Å². The van der Waals surface area contributed by atoms with Crippen molar-refractivity contribution >= 4 is 6.29 Å². The summed E-state index contributed by atoms with van der Waals surface area (Å²) in [5, 5.41) is 3.30. The van der Waals surface area contributed by atoms with Crippen molar-refractivity contribution in [3.05, 3.63) is 35.6 Å². The Kier molecular flexibility index (Phi) is 3.67. The highest BCUT2D eigenvalue weighted by Crippen LogP contribution is 2.27. The Bertz CT molecular complexity index is 343. The van der Waals surface area contributed by atoms with Gasteiger partial charge in [-0.25, -0.2) is 4.39 Å². The monoisotopic (exact) mass is 221 g/mol. The molecule has 1 fully saturated rings. The van der Waals surface area contributed by atoms with Crippen LogP contribution in [0.5, 0.6) is 0 Å². The normalized spacial score (nSPS) is 22.7. The van der Waals surface area contributed by atoms with Gasteiger partial charge in [0.2, 0.25) is 0 Å². The third kappa shape index (κ3) is 2.47. The van der Waals surface area contributed by atoms with E-state index in [2.05, 4.69) is 5.32 Å². The highest BCUT2D eigenvalue weighted by molar-refractivity contribution is 5.62. The maximum Gasteiger partial charge on any atom is 0.127 e. The number of carbonyl (C=O) groups excluding carboxylic acids is 1. The third-order valence-corrected chi connectivity index (χ3v) is 3.24. The van der Waals surface area contributed by atoms with Gasteiger partial charge in [-0.1, -0.05) is 12.1 Å². The number of nitrogens with one attached hydrogen (secondary N) is 1. The van der Waals surface area contributed by atoms with Crippen LogP contribution in [-0.2, 0) is 4.79 Å². The van der Waals surface area contributed by atoms with Gasteiger partial charge in [0, 0.05) is 5.92 Å². The summed E-state index contributed by atoms with van der Waals surface area (Å²) in [6.07, 6.45) is 3.16. The molecule has 2 rings (SSSR count). The van der Waals surface area contributed by atoms with E-state index in [0.717, 1.165) is 37.8 Å². The number of halogens is 1. The molecule has 0 spiro atoms. The molecule has 86 valence electrons. The van der Waals surface area contributed by atoms with Crippen LogP contribution < -0.4 is 5.32 Å². The molecule has 0 amide bonds. The topological polar surface area (TPSA) is 29.1 Å². The lowest BCUT2D eigenvalue weighted by Crippen LogP contribution is -2.33. The van der Waals surface area contributed by atoms with Gasteiger partial charge in [0.1, 0.15) is 12.1 Å². The first-order chi connectivity index (χ1) is 7.81. The van der Waals surface area contributed by atoms with E-state index in [1.807, 2.05) is 0 Å². The molecule has 0 saturated carbocycles. The van der Waals surface area contributed by atoms with Gasteiger partial charge in [-0.2, -0.15) is 0 Å². The molecule has 1 N–H and O–H groups in total. The standard InChI is InChI=1S/C13H16FNO/c14-12-5-3-10(4-6-12)13(9-16)11-2-1-7-15-8-11/h3-6,9,11,13,15H,1-2,7-8H2. The first-order valence-corrected chi connectivity index (χ1v) is 5.72. The molecule has 1 aromatic carbocycles. The average Bonchev–Trinajstić information content (AvgIpc) is 2.34. The van der Waals surface area contributed by atoms with Gasteiger partial charge in [0.25, 0.3) is 0 Å². The zero-order chi connectivity index (χ0) is 11.4. The summed E-state index contributed by atoms with van der Waals surface area (Å²) in [5.74, 6) is -0.0136. The molecule has 1 saturated heterocycles. The molecule has 1 aromatic rings. The third-order valence-electron chi connectivity index (χ3n) is 3.24. The van der Waals surface area contributed by atoms with Gasteiger partial charge in [-0.05, 0) is 49.5 Å². The van der Waals surface area contributed by atoms with Gasteiger partial charge < -0.3 is 10.1 Å². The molecular weight excluding hydrogens is 205 g/mol. The molecule has 2 nitrogen and oxygen atoms in total. The van der Waals surface area contributed by atoms with Crippen molar-refractivity contribution in [3.8, 4) is 0 Å². The highest BCUT2D eigenvalue weighted by atomic mass is 19.1. The Morgan fingerprint density at radius 2 is 2.12 bits per heavy atom. The van der Waals surface area contributed by atoms with Crippen LogP contribution in [0.3, 0.4) is 0 Å². The van der Waals surface area contributed by atoms with Crippen LogP contribution in [0.1, 0.15) is 24.3 Å². The lowest BCUT2D eigenvalue weighted by Gasteiger charge is -2.27. The Morgan fingerprint density at radius 1 is 1.38 bits per heavy atom. The molecule has 3 heteroatoms. The molecule has 0 aliphatic carbocycles. The molecule has 0 aromatic heterocycles. The minimum Gasteiger partial charge on any atom is -0.316 e. The maximum atomic E-state index is 12.8. The van der Waals surface area contributed by atoms with Crippen molar-refractivity contribution in [2.24, 2.45) is 5.92 Å². The number of rotatable bonds is 3. The second kappa shape index (κ2) is 5.21. The Labute approximate surface area is 94.9 Å². The van der Waals surface area contributed by atoms with Crippen molar-refractivity contribution < 1.29 is 9.18 Å². The largest absolute Gasteiger partial charge is 0.316 e. The fourth-order valence-corrected chi connectivity index (χ4v) is 2.33. The van der Waals surface area contributed by atoms with E-state index in [9.17, 15) is 9.18 Å². The number of benzene rings is 1. The van der Waals surface area contributed by atoms with Gasteiger partial charge in [-0.15, -0.1) is 0 Å². The second-order valence-electron chi connectivity index (χ2n) is 4.32. The highest BCUT2D eigenvalue weighted by Gasteiger charge is 2.24. The molecule has 2 atom stereocenters. The first kappa shape index (κ1) is 11.3. The fourth-order valence-electron chi connectivity index (χ4n) is 2.33. The molecule has 16 heavy (non-hydrogen) atoms. The predicted molar refractivity (Wildman–Crippen MR) is 60.8 cm³/mol. The van der Waals surface area contributed by atoms with Crippen LogP contribution in [0.4, 0.5) is 4.39 Å². The van der Waals surface area contributed by atoms with Crippen LogP contribution in [-0.4, -0.2) is 19.4 Å². The number of piperidine rings is 1. The van der Waals surface area contributed by atoms with Crippen molar-refractivity contribution in [1.82, 2.24) is 5.32 Å². The molecular formula is C13H16FNO. The summed E-state index contributed by atoms with van der Waals surface area (Å²) in [6.45, 7) is 1.91. The Hall–Kier alpha value is -1.22. The van der Waals surface area contributed by atoms with E-state index in [-0.39, 0.29) is 11.7 Å². The SMILES string of the molecule is O=CC(c1ccc(F)cc1)C1CCCNC1. The quantitative estimate of drug-likeness (QED) is 0.792. The van der Waals surface area contributed by atoms with Crippen LogP contribution in [0.25, 0.3) is 0 Å². The lowest BCUT2D eigenvalue weighted by atomic mass is 9.82. The van der Waals surface area contributed by atoms with Crippen molar-refractivity contribution in [3.63, 3.8) is 0 Å². The number of aldehydes is 1. The molecule has 2 unspecified atom stereocenters. The van der Waals surface area contributed by atoms with E-state index >= 15 is 0 Å². The summed E-state index contributed by atoms with van der Waals surface area (Å²) in [4.78, 5) is 11.2. The van der Waals surface area contributed by atoms with Crippen LogP contribution in [0.2, 0.25) is 0 Å². The minimum atomic E-state index is -0.254. The predicted octanol–water partition coefficient (Wildman–Crippen LogP) is 2.11. The molecule has 0 radical (unpaired) electrons. The Balaban J connectivity index is 2.14. The number of carbonyl (C=O) groups is 1. The van der Waals surface area contributed by atoms with Crippen LogP contribution >= 0.6 is 0 Å². The van der Waals surface area contributed by atoms with E-state index in [4.69, 9.17) is 0 Å². The maximum absolute atomic E-state index is 12.8. The summed E-state index contributed by atoms with van der Waals surface area (Å²) in [5.41, 5.74) is 0.921. The van der Waals surface area contributed by atoms with E-state index in [1.165, 1.54) is 12.1 Å². The molecule has 1 aliphatic rings. The van der Waals surface area contributed by atoms with Gasteiger partial charge in [-0.3, -0.25) is 0 Å². The van der Waals surface area contributed by atoms with Crippen molar-refractivity contribution in [1.29, 1.82) is 0 Å². The van der Waals surface area contributed by atoms with Crippen LogP contribution in [0, 0.1) is 11.7 Å². The summed E-state index contributed by atoms with van der Waals surface area (Å²) >= 11 is 0. The van der Waals surface area contributed by atoms with Gasteiger partial charge in [0.15, 0.2) is 0 Å². The number of hydrogen-bond acceptors (Lipinski definition) is 2. The van der Waals surface area contributed by atoms with E-state index in [1.54, 1.807) is 12.1 Å². The zero-order valence-electron chi connectivity index (χ0n) is 9.16. The van der Waals surface area contributed by atoms with Crippen LogP contribution in [0.15, 0.2) is 24.3 Å². The smallest absolute Gasteiger partial charge is 0.127 e. The zero-order valence-corrected chi connectivity index (χ0v) is 9.16. The van der Waals surface area contributed by atoms with Gasteiger partial charge in [0.05, 0.1) is 0 Å². The van der Waals surface area contributed by atoms with Crippen molar-refractivity contribution in [2.45, 2.75) is 18.8 Å². The molecule has 1 aliphatic heterocycles. The second-order valence-corrected chi connectivity index (χ2v) is 4.32. The average molecular weight is 221 g/mol. The summed E-state index contributed by atoms with van der Waals surface area (Å²) < 4.78 is 12.8. The first-order valence-electron chi connectivity index (χ1n) is 5.72. The summed E-state index contributed by atoms with van der Waals surface area (Å²) in [6, 6.07) is 6.26. The lowest BCUT2D eigenvalue weighted by molar-refractivity contribution is -0.110. The van der Waals surface area contributed by atoms with E-state index in [0.29, 0.717) is 5.92 Å². The fraction of sp³-hybridized carbons (Fsp3) is 0.462. The molecule has 1 heterocycles. The summed E-state index contributed by atoms with van der Waals surface area (Å²) in [7, 11) is 0. The van der Waals surface area contributed by atoms with E-state index < -0.39 is 0 Å².